The summed E-state index contributed by atoms with van der Waals surface area (Å²) in [5.41, 5.74) is 2.17. The van der Waals surface area contributed by atoms with E-state index in [2.05, 4.69) is 16.0 Å². The molecule has 0 aliphatic carbocycles. The van der Waals surface area contributed by atoms with Gasteiger partial charge in [-0.2, -0.15) is 0 Å². The molecule has 4 rings (SSSR count). The molecular weight excluding hydrogens is 601 g/mol. The molecule has 0 fully saturated rings. The number of hydrogen-bond donors (Lipinski definition) is 3. The first-order chi connectivity index (χ1) is 19.7. The molecule has 0 bridgehead atoms. The Bertz CT molecular complexity index is 1600. The summed E-state index contributed by atoms with van der Waals surface area (Å²) in [7, 11) is 0. The third-order valence-corrected chi connectivity index (χ3v) is 7.76. The fourth-order valence-corrected chi connectivity index (χ4v) is 4.94. The molecule has 0 spiro atoms. The molecule has 0 heterocycles. The van der Waals surface area contributed by atoms with Crippen molar-refractivity contribution < 1.29 is 14.4 Å². The van der Waals surface area contributed by atoms with Crippen LogP contribution in [0.15, 0.2) is 108 Å². The minimum atomic E-state index is -0.517. The fraction of sp³-hybridized carbons (Fsp3) is 0.0645. The highest BCUT2D eigenvalue weighted by molar-refractivity contribution is 8.00. The second kappa shape index (κ2) is 14.2. The third-order valence-electron chi connectivity index (χ3n) is 5.67. The van der Waals surface area contributed by atoms with Gasteiger partial charge in [-0.05, 0) is 79.2 Å². The van der Waals surface area contributed by atoms with Crippen LogP contribution < -0.4 is 16.0 Å². The van der Waals surface area contributed by atoms with Crippen molar-refractivity contribution in [2.75, 3.05) is 10.6 Å². The van der Waals surface area contributed by atoms with E-state index >= 15 is 0 Å². The molecule has 0 saturated carbocycles. The van der Waals surface area contributed by atoms with E-state index in [9.17, 15) is 14.4 Å². The predicted molar refractivity (Wildman–Crippen MR) is 169 cm³/mol. The second-order valence-electron chi connectivity index (χ2n) is 8.79. The van der Waals surface area contributed by atoms with Gasteiger partial charge in [0.2, 0.25) is 5.91 Å². The van der Waals surface area contributed by atoms with Crippen LogP contribution in [0.25, 0.3) is 6.08 Å². The molecule has 208 valence electrons. The average Bonchev–Trinajstić information content (AvgIpc) is 2.96. The van der Waals surface area contributed by atoms with Crippen LogP contribution in [0.2, 0.25) is 15.1 Å². The number of hydrogen-bond acceptors (Lipinski definition) is 4. The lowest BCUT2D eigenvalue weighted by atomic mass is 10.1. The topological polar surface area (TPSA) is 87.3 Å². The fourth-order valence-electron chi connectivity index (χ4n) is 3.59. The largest absolute Gasteiger partial charge is 0.325 e. The maximum atomic E-state index is 13.3. The van der Waals surface area contributed by atoms with Crippen molar-refractivity contribution in [3.8, 4) is 0 Å². The van der Waals surface area contributed by atoms with Gasteiger partial charge in [-0.1, -0.05) is 71.2 Å². The number of halogens is 3. The number of amides is 3. The van der Waals surface area contributed by atoms with Gasteiger partial charge in [0.1, 0.15) is 5.70 Å². The van der Waals surface area contributed by atoms with Crippen molar-refractivity contribution in [1.82, 2.24) is 5.32 Å². The summed E-state index contributed by atoms with van der Waals surface area (Å²) >= 11 is 19.3. The van der Waals surface area contributed by atoms with Crippen molar-refractivity contribution in [3.05, 3.63) is 129 Å². The molecule has 0 saturated heterocycles. The molecule has 0 radical (unpaired) electrons. The van der Waals surface area contributed by atoms with Crippen LogP contribution >= 0.6 is 46.6 Å². The highest BCUT2D eigenvalue weighted by atomic mass is 35.5. The molecule has 3 amide bonds. The number of rotatable bonds is 9. The first-order valence-corrected chi connectivity index (χ1v) is 14.4. The molecule has 4 aromatic rings. The lowest BCUT2D eigenvalue weighted by Crippen LogP contribution is -2.30. The van der Waals surface area contributed by atoms with E-state index in [1.165, 1.54) is 11.8 Å². The summed E-state index contributed by atoms with van der Waals surface area (Å²) < 4.78 is 0. The maximum Gasteiger partial charge on any atom is 0.272 e. The number of benzene rings is 4. The summed E-state index contributed by atoms with van der Waals surface area (Å²) in [6.07, 6.45) is 1.57. The molecule has 10 heteroatoms. The number of carbonyl (C=O) groups is 3. The monoisotopic (exact) mass is 623 g/mol. The van der Waals surface area contributed by atoms with Crippen molar-refractivity contribution in [2.45, 2.75) is 17.1 Å². The smallest absolute Gasteiger partial charge is 0.272 e. The lowest BCUT2D eigenvalue weighted by Gasteiger charge is -2.14. The summed E-state index contributed by atoms with van der Waals surface area (Å²) in [5, 5.41) is 9.21. The zero-order valence-electron chi connectivity index (χ0n) is 21.7. The van der Waals surface area contributed by atoms with Crippen LogP contribution in [-0.4, -0.2) is 23.0 Å². The Hall–Kier alpha value is -3.75. The number of carbonyl (C=O) groups excluding carboxylic acids is 3. The average molecular weight is 625 g/mol. The zero-order valence-corrected chi connectivity index (χ0v) is 24.7. The van der Waals surface area contributed by atoms with Crippen LogP contribution in [-0.2, 0) is 9.59 Å². The molecule has 1 atom stereocenters. The summed E-state index contributed by atoms with van der Waals surface area (Å²) in [6.45, 7) is 1.77. The Balaban J connectivity index is 1.47. The number of nitrogens with one attached hydrogen (secondary N) is 3. The predicted octanol–water partition coefficient (Wildman–Crippen LogP) is 8.18. The lowest BCUT2D eigenvalue weighted by molar-refractivity contribution is -0.115. The van der Waals surface area contributed by atoms with Gasteiger partial charge in [0.15, 0.2) is 0 Å². The molecule has 0 aromatic heterocycles. The van der Waals surface area contributed by atoms with Crippen LogP contribution in [0.1, 0.15) is 22.8 Å². The standard InChI is InChI=1S/C31H24Cl3N3O3S/c1-19(29(38)35-24-14-15-26(33)27(34)18-24)41-25-9-5-8-23(17-25)36-31(40)28(16-20-10-12-22(32)13-11-20)37-30(39)21-6-3-2-4-7-21/h2-19H,1H3,(H,35,38)(H,36,40)(H,37,39)/b28-16-. The van der Waals surface area contributed by atoms with E-state index < -0.39 is 17.1 Å². The van der Waals surface area contributed by atoms with E-state index in [0.29, 0.717) is 37.6 Å². The minimum absolute atomic E-state index is 0.0496. The number of anilines is 2. The summed E-state index contributed by atoms with van der Waals surface area (Å²) in [4.78, 5) is 39.7. The van der Waals surface area contributed by atoms with Crippen molar-refractivity contribution in [2.24, 2.45) is 0 Å². The second-order valence-corrected chi connectivity index (χ2v) is 11.5. The summed E-state index contributed by atoms with van der Waals surface area (Å²) in [6, 6.07) is 27.4. The van der Waals surface area contributed by atoms with Gasteiger partial charge in [-0.3, -0.25) is 14.4 Å². The SMILES string of the molecule is CC(Sc1cccc(NC(=O)/C(=C/c2ccc(Cl)cc2)NC(=O)c2ccccc2)c1)C(=O)Nc1ccc(Cl)c(Cl)c1. The van der Waals surface area contributed by atoms with Crippen LogP contribution in [0.5, 0.6) is 0 Å². The van der Waals surface area contributed by atoms with Gasteiger partial charge in [-0.25, -0.2) is 0 Å². The van der Waals surface area contributed by atoms with Crippen LogP contribution in [0.4, 0.5) is 11.4 Å². The van der Waals surface area contributed by atoms with Gasteiger partial charge in [-0.15, -0.1) is 11.8 Å². The molecular formula is C31H24Cl3N3O3S. The van der Waals surface area contributed by atoms with Gasteiger partial charge in [0.05, 0.1) is 15.3 Å². The van der Waals surface area contributed by atoms with Crippen molar-refractivity contribution >= 4 is 81.7 Å². The minimum Gasteiger partial charge on any atom is -0.325 e. The van der Waals surface area contributed by atoms with E-state index in [4.69, 9.17) is 34.8 Å². The number of thioether (sulfide) groups is 1. The molecule has 0 aliphatic rings. The molecule has 41 heavy (non-hydrogen) atoms. The van der Waals surface area contributed by atoms with E-state index in [-0.39, 0.29) is 11.6 Å². The van der Waals surface area contributed by atoms with Gasteiger partial charge >= 0.3 is 0 Å². The Labute approximate surface area is 257 Å². The first-order valence-electron chi connectivity index (χ1n) is 12.4. The molecule has 1 unspecified atom stereocenters. The Morgan fingerprint density at radius 1 is 0.756 bits per heavy atom. The Morgan fingerprint density at radius 3 is 2.17 bits per heavy atom. The molecule has 4 aromatic carbocycles. The van der Waals surface area contributed by atoms with Gasteiger partial charge in [0.25, 0.3) is 11.8 Å². The van der Waals surface area contributed by atoms with Gasteiger partial charge in [0, 0.05) is 26.9 Å². The molecule has 6 nitrogen and oxygen atoms in total. The van der Waals surface area contributed by atoms with Crippen LogP contribution in [0.3, 0.4) is 0 Å². The van der Waals surface area contributed by atoms with Gasteiger partial charge < -0.3 is 16.0 Å². The normalized spacial score (nSPS) is 11.9. The Kier molecular flexibility index (Phi) is 10.5. The molecule has 0 aliphatic heterocycles. The summed E-state index contributed by atoms with van der Waals surface area (Å²) in [5.74, 6) is -1.16. The Morgan fingerprint density at radius 2 is 1.46 bits per heavy atom. The van der Waals surface area contributed by atoms with E-state index in [1.807, 2.05) is 6.07 Å². The van der Waals surface area contributed by atoms with Crippen LogP contribution in [0, 0.1) is 0 Å². The van der Waals surface area contributed by atoms with E-state index in [0.717, 1.165) is 4.90 Å². The van der Waals surface area contributed by atoms with Crippen molar-refractivity contribution in [3.63, 3.8) is 0 Å². The molecule has 3 N–H and O–H groups in total. The first kappa shape index (κ1) is 30.2. The quantitative estimate of drug-likeness (QED) is 0.129. The van der Waals surface area contributed by atoms with E-state index in [1.54, 1.807) is 104 Å². The highest BCUT2D eigenvalue weighted by Gasteiger charge is 2.18. The zero-order chi connectivity index (χ0) is 29.4. The highest BCUT2D eigenvalue weighted by Crippen LogP contribution is 2.29. The maximum absolute atomic E-state index is 13.3. The third kappa shape index (κ3) is 8.87. The van der Waals surface area contributed by atoms with Crippen molar-refractivity contribution in [1.29, 1.82) is 0 Å².